The van der Waals surface area contributed by atoms with Crippen molar-refractivity contribution in [2.24, 2.45) is 12.0 Å². The Kier molecular flexibility index (Phi) is 6.12. The molecule has 26 heavy (non-hydrogen) atoms. The van der Waals surface area contributed by atoms with Crippen LogP contribution in [0.4, 0.5) is 5.82 Å². The van der Waals surface area contributed by atoms with Gasteiger partial charge < -0.3 is 24.4 Å². The molecule has 2 aromatic rings. The second kappa shape index (κ2) is 8.71. The van der Waals surface area contributed by atoms with Crippen molar-refractivity contribution in [1.82, 2.24) is 19.8 Å². The smallest absolute Gasteiger partial charge is 0.194 e. The number of nitrogens with one attached hydrogen (secondary N) is 1. The van der Waals surface area contributed by atoms with E-state index in [1.807, 2.05) is 19.3 Å². The van der Waals surface area contributed by atoms with Gasteiger partial charge >= 0.3 is 0 Å². The van der Waals surface area contributed by atoms with E-state index in [0.717, 1.165) is 44.6 Å². The number of aryl methyl sites for hydroxylation is 1. The first-order valence-electron chi connectivity index (χ1n) is 8.97. The first-order chi connectivity index (χ1) is 12.7. The fourth-order valence-electron chi connectivity index (χ4n) is 3.17. The molecule has 3 heterocycles. The predicted octanol–water partition coefficient (Wildman–Crippen LogP) is 1.46. The van der Waals surface area contributed by atoms with E-state index in [0.29, 0.717) is 6.54 Å². The molecule has 140 valence electrons. The van der Waals surface area contributed by atoms with Gasteiger partial charge in [0.1, 0.15) is 5.82 Å². The van der Waals surface area contributed by atoms with Crippen molar-refractivity contribution in [1.29, 1.82) is 0 Å². The van der Waals surface area contributed by atoms with Crippen LogP contribution in [-0.4, -0.2) is 60.8 Å². The average molecular weight is 356 g/mol. The van der Waals surface area contributed by atoms with Crippen molar-refractivity contribution < 1.29 is 4.74 Å². The fourth-order valence-corrected chi connectivity index (χ4v) is 3.17. The number of nitrogens with zero attached hydrogens (tertiary/aromatic N) is 5. The minimum Gasteiger partial charge on any atom is -0.378 e. The van der Waals surface area contributed by atoms with Gasteiger partial charge in [0.05, 0.1) is 19.8 Å². The van der Waals surface area contributed by atoms with Crippen molar-refractivity contribution in [2.75, 3.05) is 45.3 Å². The molecule has 0 unspecified atom stereocenters. The first kappa shape index (κ1) is 18.3. The molecule has 1 aliphatic rings. The topological polar surface area (TPSA) is 57.9 Å². The number of aromatic nitrogens is 2. The van der Waals surface area contributed by atoms with Gasteiger partial charge in [-0.15, -0.1) is 0 Å². The lowest BCUT2D eigenvalue weighted by molar-refractivity contribution is 0.122. The summed E-state index contributed by atoms with van der Waals surface area (Å²) in [6.45, 7) is 4.75. The summed E-state index contributed by atoms with van der Waals surface area (Å²) in [4.78, 5) is 13.4. The van der Waals surface area contributed by atoms with Gasteiger partial charge in [-0.1, -0.05) is 6.07 Å². The summed E-state index contributed by atoms with van der Waals surface area (Å²) in [7, 11) is 5.92. The van der Waals surface area contributed by atoms with E-state index in [-0.39, 0.29) is 0 Å². The molecule has 1 N–H and O–H groups in total. The number of pyridine rings is 1. The van der Waals surface area contributed by atoms with E-state index < -0.39 is 0 Å². The van der Waals surface area contributed by atoms with Gasteiger partial charge in [-0.3, -0.25) is 4.99 Å². The largest absolute Gasteiger partial charge is 0.378 e. The highest BCUT2D eigenvalue weighted by Gasteiger charge is 2.16. The molecule has 7 heteroatoms. The lowest BCUT2D eigenvalue weighted by Gasteiger charge is -2.30. The van der Waals surface area contributed by atoms with Gasteiger partial charge in [-0.25, -0.2) is 4.98 Å². The maximum atomic E-state index is 5.45. The molecule has 3 rings (SSSR count). The van der Waals surface area contributed by atoms with Crippen LogP contribution >= 0.6 is 0 Å². The molecular weight excluding hydrogens is 328 g/mol. The van der Waals surface area contributed by atoms with Crippen LogP contribution < -0.4 is 10.2 Å². The molecule has 0 spiro atoms. The summed E-state index contributed by atoms with van der Waals surface area (Å²) in [5.41, 5.74) is 2.41. The van der Waals surface area contributed by atoms with Crippen molar-refractivity contribution in [3.63, 3.8) is 0 Å². The number of anilines is 1. The number of guanidine groups is 1. The number of rotatable bonds is 5. The Bertz CT molecular complexity index is 735. The Morgan fingerprint density at radius 2 is 2.12 bits per heavy atom. The summed E-state index contributed by atoms with van der Waals surface area (Å²) in [6.07, 6.45) is 3.91. The normalized spacial score (nSPS) is 15.2. The SMILES string of the molecule is CN=C(NCc1cccnc1N1CCOCC1)N(C)Cc1cccn1C. The molecule has 7 nitrogen and oxygen atoms in total. The molecule has 0 aliphatic carbocycles. The van der Waals surface area contributed by atoms with Crippen molar-refractivity contribution in [3.8, 4) is 0 Å². The first-order valence-corrected chi connectivity index (χ1v) is 8.97. The lowest BCUT2D eigenvalue weighted by Crippen LogP contribution is -2.40. The summed E-state index contributed by atoms with van der Waals surface area (Å²) in [5, 5.41) is 3.47. The zero-order valence-electron chi connectivity index (χ0n) is 15.9. The van der Waals surface area contributed by atoms with Crippen LogP contribution in [0.5, 0.6) is 0 Å². The monoisotopic (exact) mass is 356 g/mol. The molecule has 0 aromatic carbocycles. The van der Waals surface area contributed by atoms with Gasteiger partial charge in [0.25, 0.3) is 0 Å². The molecule has 0 saturated carbocycles. The van der Waals surface area contributed by atoms with E-state index in [9.17, 15) is 0 Å². The number of hydrogen-bond acceptors (Lipinski definition) is 4. The molecular formula is C19H28N6O. The average Bonchev–Trinajstić information content (AvgIpc) is 3.08. The molecule has 0 bridgehead atoms. The van der Waals surface area contributed by atoms with Gasteiger partial charge in [0.15, 0.2) is 5.96 Å². The van der Waals surface area contributed by atoms with E-state index >= 15 is 0 Å². The third kappa shape index (κ3) is 4.35. The highest BCUT2D eigenvalue weighted by molar-refractivity contribution is 5.79. The Balaban J connectivity index is 1.64. The molecule has 2 aromatic heterocycles. The van der Waals surface area contributed by atoms with Crippen LogP contribution in [0.2, 0.25) is 0 Å². The number of aliphatic imine (C=N–C) groups is 1. The molecule has 1 aliphatic heterocycles. The van der Waals surface area contributed by atoms with E-state index in [1.165, 1.54) is 11.3 Å². The number of hydrogen-bond donors (Lipinski definition) is 1. The van der Waals surface area contributed by atoms with Gasteiger partial charge in [0.2, 0.25) is 0 Å². The minimum absolute atomic E-state index is 0.685. The van der Waals surface area contributed by atoms with Crippen LogP contribution in [0.15, 0.2) is 41.7 Å². The summed E-state index contributed by atoms with van der Waals surface area (Å²) in [6, 6.07) is 8.29. The number of morpholine rings is 1. The lowest BCUT2D eigenvalue weighted by atomic mass is 10.2. The van der Waals surface area contributed by atoms with Crippen molar-refractivity contribution in [3.05, 3.63) is 47.9 Å². The molecule has 0 amide bonds. The van der Waals surface area contributed by atoms with Gasteiger partial charge in [0, 0.05) is 64.4 Å². The van der Waals surface area contributed by atoms with E-state index in [1.54, 1.807) is 0 Å². The quantitative estimate of drug-likeness (QED) is 0.649. The Hall–Kier alpha value is -2.54. The van der Waals surface area contributed by atoms with Gasteiger partial charge in [-0.2, -0.15) is 0 Å². The molecule has 1 fully saturated rings. The third-order valence-corrected chi connectivity index (χ3v) is 4.64. The molecule has 1 saturated heterocycles. The van der Waals surface area contributed by atoms with Crippen LogP contribution in [0.1, 0.15) is 11.3 Å². The van der Waals surface area contributed by atoms with Crippen LogP contribution in [-0.2, 0) is 24.9 Å². The summed E-state index contributed by atoms with van der Waals surface area (Å²) >= 11 is 0. The van der Waals surface area contributed by atoms with Crippen molar-refractivity contribution >= 4 is 11.8 Å². The predicted molar refractivity (Wildman–Crippen MR) is 104 cm³/mol. The Morgan fingerprint density at radius 3 is 2.81 bits per heavy atom. The highest BCUT2D eigenvalue weighted by atomic mass is 16.5. The summed E-state index contributed by atoms with van der Waals surface area (Å²) in [5.74, 6) is 1.90. The highest BCUT2D eigenvalue weighted by Crippen LogP contribution is 2.18. The van der Waals surface area contributed by atoms with Gasteiger partial charge in [-0.05, 0) is 18.2 Å². The second-order valence-electron chi connectivity index (χ2n) is 6.45. The second-order valence-corrected chi connectivity index (χ2v) is 6.45. The zero-order chi connectivity index (χ0) is 18.4. The van der Waals surface area contributed by atoms with Crippen LogP contribution in [0.3, 0.4) is 0 Å². The summed E-state index contributed by atoms with van der Waals surface area (Å²) < 4.78 is 7.58. The fraction of sp³-hybridized carbons (Fsp3) is 0.474. The molecule has 0 radical (unpaired) electrons. The maximum Gasteiger partial charge on any atom is 0.194 e. The van der Waals surface area contributed by atoms with E-state index in [4.69, 9.17) is 4.74 Å². The van der Waals surface area contributed by atoms with Crippen LogP contribution in [0, 0.1) is 0 Å². The molecule has 0 atom stereocenters. The standard InChI is InChI=1S/C19H28N6O/c1-20-19(24(3)15-17-7-5-9-23(17)2)22-14-16-6-4-8-21-18(16)25-10-12-26-13-11-25/h4-9H,10-15H2,1-3H3,(H,20,22). The third-order valence-electron chi connectivity index (χ3n) is 4.64. The maximum absolute atomic E-state index is 5.45. The van der Waals surface area contributed by atoms with Crippen LogP contribution in [0.25, 0.3) is 0 Å². The zero-order valence-corrected chi connectivity index (χ0v) is 15.9. The Labute approximate surface area is 155 Å². The minimum atomic E-state index is 0.685. The number of ether oxygens (including phenoxy) is 1. The van der Waals surface area contributed by atoms with Crippen molar-refractivity contribution in [2.45, 2.75) is 13.1 Å². The van der Waals surface area contributed by atoms with E-state index in [2.05, 4.69) is 68.2 Å². The Morgan fingerprint density at radius 1 is 1.31 bits per heavy atom.